The van der Waals surface area contributed by atoms with Gasteiger partial charge < -0.3 is 5.32 Å². The molecule has 128 valence electrons. The lowest BCUT2D eigenvalue weighted by Gasteiger charge is -2.09. The van der Waals surface area contributed by atoms with E-state index >= 15 is 0 Å². The number of benzene rings is 2. The van der Waals surface area contributed by atoms with Gasteiger partial charge in [0.1, 0.15) is 0 Å². The zero-order valence-electron chi connectivity index (χ0n) is 13.0. The summed E-state index contributed by atoms with van der Waals surface area (Å²) in [7, 11) is -3.49. The van der Waals surface area contributed by atoms with Gasteiger partial charge in [-0.15, -0.1) is 0 Å². The predicted octanol–water partition coefficient (Wildman–Crippen LogP) is 2.83. The van der Waals surface area contributed by atoms with Gasteiger partial charge in [-0.2, -0.15) is 0 Å². The van der Waals surface area contributed by atoms with Crippen molar-refractivity contribution in [1.82, 2.24) is 5.32 Å². The van der Waals surface area contributed by atoms with Crippen LogP contribution in [0.15, 0.2) is 54.6 Å². The van der Waals surface area contributed by atoms with E-state index in [1.54, 1.807) is 36.4 Å². The largest absolute Gasteiger partial charge is 0.355 e. The Morgan fingerprint density at radius 1 is 1.00 bits per heavy atom. The highest BCUT2D eigenvalue weighted by Crippen LogP contribution is 2.16. The number of anilines is 1. The number of nitrogens with one attached hydrogen (secondary N) is 2. The molecule has 0 radical (unpaired) electrons. The average Bonchev–Trinajstić information content (AvgIpc) is 2.54. The fourth-order valence-electron chi connectivity index (χ4n) is 2.10. The first kappa shape index (κ1) is 18.3. The van der Waals surface area contributed by atoms with Gasteiger partial charge in [0.25, 0.3) is 0 Å². The van der Waals surface area contributed by atoms with Crippen LogP contribution >= 0.6 is 11.6 Å². The first-order chi connectivity index (χ1) is 11.5. The summed E-state index contributed by atoms with van der Waals surface area (Å²) in [4.78, 5) is 11.8. The monoisotopic (exact) mass is 366 g/mol. The molecule has 0 fully saturated rings. The van der Waals surface area contributed by atoms with Crippen LogP contribution in [0, 0.1) is 0 Å². The molecule has 0 unspecified atom stereocenters. The second kappa shape index (κ2) is 8.70. The van der Waals surface area contributed by atoms with Crippen LogP contribution in [-0.4, -0.2) is 26.6 Å². The molecule has 7 heteroatoms. The van der Waals surface area contributed by atoms with Gasteiger partial charge in [-0.05, 0) is 30.2 Å². The SMILES string of the molecule is O=C(CCc1ccccc1Cl)NCCS(=O)(=O)Nc1ccccc1. The summed E-state index contributed by atoms with van der Waals surface area (Å²) in [5.74, 6) is -0.385. The molecule has 0 atom stereocenters. The third kappa shape index (κ3) is 6.22. The predicted molar refractivity (Wildman–Crippen MR) is 96.6 cm³/mol. The Morgan fingerprint density at radius 3 is 2.38 bits per heavy atom. The van der Waals surface area contributed by atoms with Crippen molar-refractivity contribution >= 4 is 33.2 Å². The standard InChI is InChI=1S/C17H19ClN2O3S/c18-16-9-5-4-6-14(16)10-11-17(21)19-12-13-24(22,23)20-15-7-2-1-3-8-15/h1-9,20H,10-13H2,(H,19,21). The van der Waals surface area contributed by atoms with Crippen LogP contribution in [0.25, 0.3) is 0 Å². The minimum atomic E-state index is -3.49. The van der Waals surface area contributed by atoms with Gasteiger partial charge in [-0.3, -0.25) is 9.52 Å². The number of aryl methyl sites for hydroxylation is 1. The van der Waals surface area contributed by atoms with E-state index in [-0.39, 0.29) is 24.6 Å². The zero-order chi connectivity index (χ0) is 17.4. The van der Waals surface area contributed by atoms with Crippen LogP contribution in [-0.2, 0) is 21.2 Å². The highest BCUT2D eigenvalue weighted by Gasteiger charge is 2.11. The first-order valence-electron chi connectivity index (χ1n) is 7.52. The fourth-order valence-corrected chi connectivity index (χ4v) is 3.30. The minimum Gasteiger partial charge on any atom is -0.355 e. The highest BCUT2D eigenvalue weighted by atomic mass is 35.5. The van der Waals surface area contributed by atoms with Crippen molar-refractivity contribution in [2.75, 3.05) is 17.0 Å². The number of hydrogen-bond acceptors (Lipinski definition) is 3. The molecule has 0 saturated heterocycles. The number of halogens is 1. The molecule has 2 aromatic carbocycles. The molecule has 1 amide bonds. The molecule has 0 aliphatic carbocycles. The van der Waals surface area contributed by atoms with Gasteiger partial charge in [0.05, 0.1) is 5.75 Å². The van der Waals surface area contributed by atoms with Gasteiger partial charge in [-0.1, -0.05) is 48.0 Å². The van der Waals surface area contributed by atoms with Gasteiger partial charge in [0.15, 0.2) is 0 Å². The molecule has 0 saturated carbocycles. The molecule has 0 spiro atoms. The summed E-state index contributed by atoms with van der Waals surface area (Å²) >= 11 is 6.03. The molecule has 0 bridgehead atoms. The van der Waals surface area contributed by atoms with Crippen LogP contribution in [0.2, 0.25) is 5.02 Å². The third-order valence-electron chi connectivity index (χ3n) is 3.32. The Bertz CT molecular complexity index is 779. The molecule has 2 rings (SSSR count). The number of rotatable bonds is 8. The number of carbonyl (C=O) groups excluding carboxylic acids is 1. The molecule has 0 aromatic heterocycles. The summed E-state index contributed by atoms with van der Waals surface area (Å²) in [6.45, 7) is 0.0590. The normalized spacial score (nSPS) is 11.0. The lowest BCUT2D eigenvalue weighted by Crippen LogP contribution is -2.31. The Kier molecular flexibility index (Phi) is 6.63. The van der Waals surface area contributed by atoms with E-state index in [0.717, 1.165) is 5.56 Å². The maximum absolute atomic E-state index is 11.9. The van der Waals surface area contributed by atoms with E-state index in [1.165, 1.54) is 0 Å². The van der Waals surface area contributed by atoms with Crippen LogP contribution in [0.3, 0.4) is 0 Å². The lowest BCUT2D eigenvalue weighted by atomic mass is 10.1. The fraction of sp³-hybridized carbons (Fsp3) is 0.235. The summed E-state index contributed by atoms with van der Waals surface area (Å²) in [6, 6.07) is 16.0. The summed E-state index contributed by atoms with van der Waals surface area (Å²) in [5, 5.41) is 3.24. The molecular weight excluding hydrogens is 348 g/mol. The molecule has 2 aromatic rings. The van der Waals surface area contributed by atoms with Crippen LogP contribution < -0.4 is 10.0 Å². The molecular formula is C17H19ClN2O3S. The number of amides is 1. The van der Waals surface area contributed by atoms with Crippen LogP contribution in [0.4, 0.5) is 5.69 Å². The summed E-state index contributed by atoms with van der Waals surface area (Å²) in [5.41, 5.74) is 1.40. The molecule has 0 aliphatic rings. The lowest BCUT2D eigenvalue weighted by molar-refractivity contribution is -0.120. The molecule has 0 heterocycles. The number of hydrogen-bond donors (Lipinski definition) is 2. The van der Waals surface area contributed by atoms with E-state index in [0.29, 0.717) is 17.1 Å². The van der Waals surface area contributed by atoms with E-state index in [1.807, 2.05) is 18.2 Å². The average molecular weight is 367 g/mol. The van der Waals surface area contributed by atoms with Crippen LogP contribution in [0.1, 0.15) is 12.0 Å². The Morgan fingerprint density at radius 2 is 1.67 bits per heavy atom. The molecule has 24 heavy (non-hydrogen) atoms. The van der Waals surface area contributed by atoms with Crippen molar-refractivity contribution in [1.29, 1.82) is 0 Å². The minimum absolute atomic E-state index is 0.0590. The van der Waals surface area contributed by atoms with E-state index < -0.39 is 10.0 Å². The van der Waals surface area contributed by atoms with E-state index in [2.05, 4.69) is 10.0 Å². The Balaban J connectivity index is 1.73. The smallest absolute Gasteiger partial charge is 0.234 e. The number of carbonyl (C=O) groups is 1. The zero-order valence-corrected chi connectivity index (χ0v) is 14.6. The number of sulfonamides is 1. The van der Waals surface area contributed by atoms with Gasteiger partial charge >= 0.3 is 0 Å². The maximum Gasteiger partial charge on any atom is 0.234 e. The second-order valence-corrected chi connectivity index (χ2v) is 7.48. The Labute approximate surface area is 147 Å². The first-order valence-corrected chi connectivity index (χ1v) is 9.55. The number of para-hydroxylation sites is 1. The van der Waals surface area contributed by atoms with E-state index in [9.17, 15) is 13.2 Å². The Hall–Kier alpha value is -2.05. The van der Waals surface area contributed by atoms with Crippen molar-refractivity contribution in [3.63, 3.8) is 0 Å². The summed E-state index contributed by atoms with van der Waals surface area (Å²) in [6.07, 6.45) is 0.774. The quantitative estimate of drug-likeness (QED) is 0.754. The van der Waals surface area contributed by atoms with Crippen molar-refractivity contribution in [2.24, 2.45) is 0 Å². The van der Waals surface area contributed by atoms with Crippen molar-refractivity contribution in [3.05, 3.63) is 65.2 Å². The van der Waals surface area contributed by atoms with Gasteiger partial charge in [0.2, 0.25) is 15.9 Å². The molecule has 2 N–H and O–H groups in total. The highest BCUT2D eigenvalue weighted by molar-refractivity contribution is 7.92. The maximum atomic E-state index is 11.9. The van der Waals surface area contributed by atoms with Crippen molar-refractivity contribution in [3.8, 4) is 0 Å². The van der Waals surface area contributed by atoms with E-state index in [4.69, 9.17) is 11.6 Å². The van der Waals surface area contributed by atoms with Gasteiger partial charge in [0, 0.05) is 23.7 Å². The second-order valence-electron chi connectivity index (χ2n) is 5.23. The van der Waals surface area contributed by atoms with Crippen molar-refractivity contribution in [2.45, 2.75) is 12.8 Å². The summed E-state index contributed by atoms with van der Waals surface area (Å²) < 4.78 is 26.3. The topological polar surface area (TPSA) is 75.3 Å². The van der Waals surface area contributed by atoms with Gasteiger partial charge in [-0.25, -0.2) is 8.42 Å². The molecule has 0 aliphatic heterocycles. The third-order valence-corrected chi connectivity index (χ3v) is 4.98. The molecule has 5 nitrogen and oxygen atoms in total. The van der Waals surface area contributed by atoms with Crippen LogP contribution in [0.5, 0.6) is 0 Å². The van der Waals surface area contributed by atoms with Crippen molar-refractivity contribution < 1.29 is 13.2 Å².